The summed E-state index contributed by atoms with van der Waals surface area (Å²) in [5, 5.41) is 5.38. The van der Waals surface area contributed by atoms with Crippen LogP contribution in [0.3, 0.4) is 0 Å². The summed E-state index contributed by atoms with van der Waals surface area (Å²) in [6.07, 6.45) is 0.715. The summed E-state index contributed by atoms with van der Waals surface area (Å²) in [5.74, 6) is -0.877. The summed E-state index contributed by atoms with van der Waals surface area (Å²) in [7, 11) is 0. The molecule has 0 radical (unpaired) electrons. The molecule has 4 aromatic rings. The van der Waals surface area contributed by atoms with E-state index >= 15 is 0 Å². The lowest BCUT2D eigenvalue weighted by atomic mass is 10.1. The summed E-state index contributed by atoms with van der Waals surface area (Å²) in [5.41, 5.74) is 2.65. The third-order valence-electron chi connectivity index (χ3n) is 5.18. The van der Waals surface area contributed by atoms with Crippen LogP contribution in [-0.2, 0) is 6.42 Å². The number of carbonyl (C=O) groups is 2. The Labute approximate surface area is 207 Å². The molecule has 0 bridgehead atoms. The molecule has 2 amide bonds. The molecule has 0 saturated heterocycles. The van der Waals surface area contributed by atoms with E-state index in [0.29, 0.717) is 41.3 Å². The number of carbonyl (C=O) groups excluding carboxylic acids is 2. The molecule has 0 aliphatic rings. The lowest BCUT2D eigenvalue weighted by molar-refractivity contribution is 0.101. The van der Waals surface area contributed by atoms with E-state index in [1.165, 1.54) is 18.2 Å². The molecule has 5 nitrogen and oxygen atoms in total. The van der Waals surface area contributed by atoms with E-state index < -0.39 is 11.7 Å². The second kappa shape index (κ2) is 11.3. The largest absolute Gasteiger partial charge is 0.492 e. The standard InChI is InChI=1S/C28H22ClFN2O3/c29-24-18-22(13-14-25(24)30)31-27(33)20-9-6-10-21(17-20)32-28(34)23-11-4-5-12-26(23)35-16-15-19-7-2-1-3-8-19/h1-14,17-18H,15-16H2,(H,31,33)(H,32,34). The molecule has 35 heavy (non-hydrogen) atoms. The maximum Gasteiger partial charge on any atom is 0.259 e. The predicted octanol–water partition coefficient (Wildman–Crippen LogP) is 6.61. The minimum Gasteiger partial charge on any atom is -0.492 e. The Hall–Kier alpha value is -4.16. The van der Waals surface area contributed by atoms with Gasteiger partial charge in [0.1, 0.15) is 11.6 Å². The van der Waals surface area contributed by atoms with Gasteiger partial charge in [-0.3, -0.25) is 9.59 Å². The number of halogens is 2. The molecule has 0 unspecified atom stereocenters. The van der Waals surface area contributed by atoms with Gasteiger partial charge in [0.05, 0.1) is 17.2 Å². The van der Waals surface area contributed by atoms with Gasteiger partial charge >= 0.3 is 0 Å². The van der Waals surface area contributed by atoms with E-state index in [4.69, 9.17) is 16.3 Å². The zero-order chi connectivity index (χ0) is 24.6. The molecule has 4 aromatic carbocycles. The highest BCUT2D eigenvalue weighted by molar-refractivity contribution is 6.31. The molecule has 176 valence electrons. The molecule has 7 heteroatoms. The molecule has 0 saturated carbocycles. The maximum atomic E-state index is 13.4. The van der Waals surface area contributed by atoms with Crippen molar-refractivity contribution in [2.75, 3.05) is 17.2 Å². The number of rotatable bonds is 8. The number of anilines is 2. The fourth-order valence-electron chi connectivity index (χ4n) is 3.42. The summed E-state index contributed by atoms with van der Waals surface area (Å²) in [4.78, 5) is 25.6. The average Bonchev–Trinajstić information content (AvgIpc) is 2.87. The molecule has 0 spiro atoms. The van der Waals surface area contributed by atoms with Gasteiger partial charge in [-0.25, -0.2) is 4.39 Å². The van der Waals surface area contributed by atoms with Crippen molar-refractivity contribution in [3.8, 4) is 5.75 Å². The van der Waals surface area contributed by atoms with Gasteiger partial charge in [0.2, 0.25) is 0 Å². The number of para-hydroxylation sites is 1. The van der Waals surface area contributed by atoms with Crippen molar-refractivity contribution >= 4 is 34.8 Å². The Bertz CT molecular complexity index is 1350. The Kier molecular flexibility index (Phi) is 7.75. The van der Waals surface area contributed by atoms with Crippen molar-refractivity contribution < 1.29 is 18.7 Å². The van der Waals surface area contributed by atoms with Gasteiger partial charge in [-0.05, 0) is 54.1 Å². The summed E-state index contributed by atoms with van der Waals surface area (Å²) < 4.78 is 19.2. The quantitative estimate of drug-likeness (QED) is 0.293. The fraction of sp³-hybridized carbons (Fsp3) is 0.0714. The highest BCUT2D eigenvalue weighted by atomic mass is 35.5. The van der Waals surface area contributed by atoms with Crippen LogP contribution in [0.1, 0.15) is 26.3 Å². The van der Waals surface area contributed by atoms with Crippen molar-refractivity contribution in [3.63, 3.8) is 0 Å². The van der Waals surface area contributed by atoms with Crippen LogP contribution in [0.5, 0.6) is 5.75 Å². The number of hydrogen-bond acceptors (Lipinski definition) is 3. The van der Waals surface area contributed by atoms with Gasteiger partial charge in [0.25, 0.3) is 11.8 Å². The minimum absolute atomic E-state index is 0.0894. The summed E-state index contributed by atoms with van der Waals surface area (Å²) >= 11 is 5.78. The zero-order valence-electron chi connectivity index (χ0n) is 18.6. The van der Waals surface area contributed by atoms with Gasteiger partial charge in [0.15, 0.2) is 0 Å². The van der Waals surface area contributed by atoms with Crippen molar-refractivity contribution in [2.45, 2.75) is 6.42 Å². The second-order valence-corrected chi connectivity index (χ2v) is 8.11. The highest BCUT2D eigenvalue weighted by Gasteiger charge is 2.14. The van der Waals surface area contributed by atoms with Gasteiger partial charge < -0.3 is 15.4 Å². The van der Waals surface area contributed by atoms with Gasteiger partial charge in [-0.2, -0.15) is 0 Å². The third kappa shape index (κ3) is 6.46. The Morgan fingerprint density at radius 2 is 1.49 bits per heavy atom. The fourth-order valence-corrected chi connectivity index (χ4v) is 3.60. The first-order chi connectivity index (χ1) is 17.0. The van der Waals surface area contributed by atoms with E-state index in [0.717, 1.165) is 5.56 Å². The number of ether oxygens (including phenoxy) is 1. The molecule has 0 fully saturated rings. The predicted molar refractivity (Wildman–Crippen MR) is 136 cm³/mol. The molecule has 0 aliphatic carbocycles. The minimum atomic E-state index is -0.571. The first kappa shape index (κ1) is 24.0. The molecular formula is C28H22ClFN2O3. The average molecular weight is 489 g/mol. The molecule has 4 rings (SSSR count). The third-order valence-corrected chi connectivity index (χ3v) is 5.47. The van der Waals surface area contributed by atoms with Gasteiger partial charge in [-0.15, -0.1) is 0 Å². The maximum absolute atomic E-state index is 13.4. The molecule has 0 aliphatic heterocycles. The first-order valence-corrected chi connectivity index (χ1v) is 11.3. The van der Waals surface area contributed by atoms with E-state index in [2.05, 4.69) is 10.6 Å². The molecule has 0 heterocycles. The molecule has 0 aromatic heterocycles. The number of nitrogens with one attached hydrogen (secondary N) is 2. The normalized spacial score (nSPS) is 10.5. The molecule has 2 N–H and O–H groups in total. The SMILES string of the molecule is O=C(Nc1ccc(F)c(Cl)c1)c1cccc(NC(=O)c2ccccc2OCCc2ccccc2)c1. The van der Waals surface area contributed by atoms with Crippen molar-refractivity contribution in [1.29, 1.82) is 0 Å². The van der Waals surface area contributed by atoms with Crippen LogP contribution < -0.4 is 15.4 Å². The second-order valence-electron chi connectivity index (χ2n) is 7.70. The summed E-state index contributed by atoms with van der Waals surface area (Å²) in [6, 6.07) is 27.4. The van der Waals surface area contributed by atoms with Crippen LogP contribution in [0.15, 0.2) is 97.1 Å². The Morgan fingerprint density at radius 1 is 0.771 bits per heavy atom. The van der Waals surface area contributed by atoms with Crippen molar-refractivity contribution in [3.05, 3.63) is 125 Å². The van der Waals surface area contributed by atoms with Crippen molar-refractivity contribution in [1.82, 2.24) is 0 Å². The van der Waals surface area contributed by atoms with Crippen LogP contribution in [0, 0.1) is 5.82 Å². The number of amides is 2. The van der Waals surface area contributed by atoms with Crippen molar-refractivity contribution in [2.24, 2.45) is 0 Å². The molecular weight excluding hydrogens is 467 g/mol. The van der Waals surface area contributed by atoms with E-state index in [9.17, 15) is 14.0 Å². The lowest BCUT2D eigenvalue weighted by Gasteiger charge is -2.12. The highest BCUT2D eigenvalue weighted by Crippen LogP contribution is 2.22. The Morgan fingerprint density at radius 3 is 2.29 bits per heavy atom. The molecule has 0 atom stereocenters. The topological polar surface area (TPSA) is 67.4 Å². The summed E-state index contributed by atoms with van der Waals surface area (Å²) in [6.45, 7) is 0.428. The van der Waals surface area contributed by atoms with Crippen LogP contribution in [-0.4, -0.2) is 18.4 Å². The number of benzene rings is 4. The van der Waals surface area contributed by atoms with Crippen LogP contribution in [0.2, 0.25) is 5.02 Å². The van der Waals surface area contributed by atoms with Gasteiger partial charge in [-0.1, -0.05) is 60.1 Å². The van der Waals surface area contributed by atoms with Crippen LogP contribution in [0.4, 0.5) is 15.8 Å². The smallest absolute Gasteiger partial charge is 0.259 e. The van der Waals surface area contributed by atoms with Crippen LogP contribution in [0.25, 0.3) is 0 Å². The van der Waals surface area contributed by atoms with E-state index in [1.54, 1.807) is 48.5 Å². The van der Waals surface area contributed by atoms with E-state index in [-0.39, 0.29) is 10.9 Å². The first-order valence-electron chi connectivity index (χ1n) is 10.9. The zero-order valence-corrected chi connectivity index (χ0v) is 19.4. The van der Waals surface area contributed by atoms with Crippen LogP contribution >= 0.6 is 11.6 Å². The monoisotopic (exact) mass is 488 g/mol. The lowest BCUT2D eigenvalue weighted by Crippen LogP contribution is -2.16. The Balaban J connectivity index is 1.41. The van der Waals surface area contributed by atoms with Gasteiger partial charge in [0, 0.05) is 23.4 Å². The van der Waals surface area contributed by atoms with E-state index in [1.807, 2.05) is 30.3 Å². The number of hydrogen-bond donors (Lipinski definition) is 2.